The van der Waals surface area contributed by atoms with E-state index in [0.29, 0.717) is 5.82 Å². The monoisotopic (exact) mass is 201 g/mol. The lowest BCUT2D eigenvalue weighted by molar-refractivity contribution is 0.861. The molecule has 4 heteroatoms. The van der Waals surface area contributed by atoms with Crippen molar-refractivity contribution >= 4 is 5.82 Å². The molecule has 0 atom stereocenters. The van der Waals surface area contributed by atoms with Gasteiger partial charge in [-0.1, -0.05) is 0 Å². The summed E-state index contributed by atoms with van der Waals surface area (Å²) < 4.78 is 1.52. The molecular weight excluding hydrogens is 190 g/mol. The molecule has 0 amide bonds. The fraction of sp³-hybridized carbons (Fsp3) is 0.0909. The summed E-state index contributed by atoms with van der Waals surface area (Å²) in [5.74, 6) is 0.475. The SMILES string of the molecule is Cn1ccc(-c2ccc(N)nc2)cc1=O. The van der Waals surface area contributed by atoms with Gasteiger partial charge in [0.15, 0.2) is 0 Å². The Morgan fingerprint density at radius 1 is 1.27 bits per heavy atom. The Morgan fingerprint density at radius 2 is 2.07 bits per heavy atom. The number of anilines is 1. The lowest BCUT2D eigenvalue weighted by atomic mass is 10.1. The van der Waals surface area contributed by atoms with E-state index in [2.05, 4.69) is 4.98 Å². The van der Waals surface area contributed by atoms with Crippen LogP contribution >= 0.6 is 0 Å². The van der Waals surface area contributed by atoms with E-state index in [1.165, 1.54) is 4.57 Å². The third kappa shape index (κ3) is 1.88. The van der Waals surface area contributed by atoms with Gasteiger partial charge in [0.25, 0.3) is 5.56 Å². The minimum atomic E-state index is -0.0377. The molecule has 0 bridgehead atoms. The second kappa shape index (κ2) is 3.57. The number of hydrogen-bond acceptors (Lipinski definition) is 3. The van der Waals surface area contributed by atoms with E-state index in [9.17, 15) is 4.79 Å². The zero-order valence-electron chi connectivity index (χ0n) is 8.34. The average Bonchev–Trinajstić information content (AvgIpc) is 2.23. The maximum Gasteiger partial charge on any atom is 0.250 e. The highest BCUT2D eigenvalue weighted by Gasteiger charge is 1.99. The van der Waals surface area contributed by atoms with Crippen LogP contribution < -0.4 is 11.3 Å². The van der Waals surface area contributed by atoms with E-state index in [1.54, 1.807) is 31.6 Å². The summed E-state index contributed by atoms with van der Waals surface area (Å²) in [5.41, 5.74) is 7.19. The number of aromatic nitrogens is 2. The van der Waals surface area contributed by atoms with E-state index in [1.807, 2.05) is 12.1 Å². The average molecular weight is 201 g/mol. The Hall–Kier alpha value is -2.10. The van der Waals surface area contributed by atoms with Crippen molar-refractivity contribution in [3.05, 3.63) is 47.0 Å². The number of hydrogen-bond donors (Lipinski definition) is 1. The van der Waals surface area contributed by atoms with Crippen LogP contribution in [0, 0.1) is 0 Å². The molecule has 2 heterocycles. The molecule has 2 aromatic heterocycles. The van der Waals surface area contributed by atoms with Crippen LogP contribution in [0.1, 0.15) is 0 Å². The first-order valence-corrected chi connectivity index (χ1v) is 4.55. The zero-order valence-corrected chi connectivity index (χ0v) is 8.34. The minimum Gasteiger partial charge on any atom is -0.384 e. The molecule has 4 nitrogen and oxygen atoms in total. The number of pyridine rings is 2. The number of aryl methyl sites for hydroxylation is 1. The van der Waals surface area contributed by atoms with Crippen molar-refractivity contribution in [3.8, 4) is 11.1 Å². The Kier molecular flexibility index (Phi) is 2.25. The normalized spacial score (nSPS) is 10.2. The van der Waals surface area contributed by atoms with Gasteiger partial charge in [0.1, 0.15) is 5.82 Å². The molecular formula is C11H11N3O. The summed E-state index contributed by atoms with van der Waals surface area (Å²) in [6.07, 6.45) is 3.39. The van der Waals surface area contributed by atoms with Gasteiger partial charge in [-0.2, -0.15) is 0 Å². The third-order valence-corrected chi connectivity index (χ3v) is 2.22. The number of nitrogens with two attached hydrogens (primary N) is 1. The lowest BCUT2D eigenvalue weighted by Crippen LogP contribution is -2.14. The molecule has 0 unspecified atom stereocenters. The summed E-state index contributed by atoms with van der Waals surface area (Å²) in [5, 5.41) is 0. The molecule has 0 aromatic carbocycles. The first kappa shape index (κ1) is 9.45. The molecule has 15 heavy (non-hydrogen) atoms. The van der Waals surface area contributed by atoms with Gasteiger partial charge >= 0.3 is 0 Å². The van der Waals surface area contributed by atoms with Crippen molar-refractivity contribution in [1.29, 1.82) is 0 Å². The van der Waals surface area contributed by atoms with Crippen molar-refractivity contribution in [3.63, 3.8) is 0 Å². The van der Waals surface area contributed by atoms with Crippen molar-refractivity contribution in [2.24, 2.45) is 7.05 Å². The molecule has 0 radical (unpaired) electrons. The van der Waals surface area contributed by atoms with Crippen molar-refractivity contribution in [2.75, 3.05) is 5.73 Å². The number of rotatable bonds is 1. The molecule has 2 N–H and O–H groups in total. The third-order valence-electron chi connectivity index (χ3n) is 2.22. The lowest BCUT2D eigenvalue weighted by Gasteiger charge is -2.02. The largest absolute Gasteiger partial charge is 0.384 e. The van der Waals surface area contributed by atoms with E-state index in [4.69, 9.17) is 5.73 Å². The van der Waals surface area contributed by atoms with Gasteiger partial charge in [-0.25, -0.2) is 4.98 Å². The van der Waals surface area contributed by atoms with Crippen LogP contribution in [-0.4, -0.2) is 9.55 Å². The number of nitrogen functional groups attached to an aromatic ring is 1. The molecule has 0 fully saturated rings. The van der Waals surface area contributed by atoms with Gasteiger partial charge in [0.2, 0.25) is 0 Å². The first-order chi connectivity index (χ1) is 7.16. The fourth-order valence-corrected chi connectivity index (χ4v) is 1.30. The van der Waals surface area contributed by atoms with Crippen LogP contribution in [0.25, 0.3) is 11.1 Å². The summed E-state index contributed by atoms with van der Waals surface area (Å²) in [4.78, 5) is 15.4. The van der Waals surface area contributed by atoms with Gasteiger partial charge < -0.3 is 10.3 Å². The highest BCUT2D eigenvalue weighted by molar-refractivity contribution is 5.62. The minimum absolute atomic E-state index is 0.0377. The molecule has 0 saturated carbocycles. The van der Waals surface area contributed by atoms with E-state index in [0.717, 1.165) is 11.1 Å². The van der Waals surface area contributed by atoms with Crippen LogP contribution in [0.5, 0.6) is 0 Å². The van der Waals surface area contributed by atoms with Crippen LogP contribution in [0.4, 0.5) is 5.82 Å². The topological polar surface area (TPSA) is 60.9 Å². The Labute approximate surface area is 87.0 Å². The van der Waals surface area contributed by atoms with Crippen molar-refractivity contribution in [1.82, 2.24) is 9.55 Å². The van der Waals surface area contributed by atoms with Crippen LogP contribution in [0.15, 0.2) is 41.5 Å². The molecule has 0 aliphatic rings. The predicted molar refractivity (Wildman–Crippen MR) is 59.3 cm³/mol. The summed E-state index contributed by atoms with van der Waals surface area (Å²) in [6, 6.07) is 7.01. The first-order valence-electron chi connectivity index (χ1n) is 4.55. The Bertz CT molecular complexity index is 528. The Balaban J connectivity index is 2.50. The smallest absolute Gasteiger partial charge is 0.250 e. The predicted octanol–water partition coefficient (Wildman–Crippen LogP) is 1.03. The van der Waals surface area contributed by atoms with Gasteiger partial charge in [-0.15, -0.1) is 0 Å². The van der Waals surface area contributed by atoms with E-state index in [-0.39, 0.29) is 5.56 Å². The van der Waals surface area contributed by atoms with Gasteiger partial charge in [0.05, 0.1) is 0 Å². The van der Waals surface area contributed by atoms with Gasteiger partial charge in [0, 0.05) is 31.1 Å². The Morgan fingerprint density at radius 3 is 2.67 bits per heavy atom. The van der Waals surface area contributed by atoms with Crippen LogP contribution in [0.3, 0.4) is 0 Å². The quantitative estimate of drug-likeness (QED) is 0.749. The molecule has 2 aromatic rings. The molecule has 0 aliphatic heterocycles. The number of nitrogens with zero attached hydrogens (tertiary/aromatic N) is 2. The maximum atomic E-state index is 11.4. The van der Waals surface area contributed by atoms with Gasteiger partial charge in [-0.3, -0.25) is 4.79 Å². The fourth-order valence-electron chi connectivity index (χ4n) is 1.30. The summed E-state index contributed by atoms with van der Waals surface area (Å²) in [6.45, 7) is 0. The maximum absolute atomic E-state index is 11.4. The van der Waals surface area contributed by atoms with Crippen molar-refractivity contribution < 1.29 is 0 Å². The zero-order chi connectivity index (χ0) is 10.8. The molecule has 0 spiro atoms. The second-order valence-corrected chi connectivity index (χ2v) is 3.34. The highest BCUT2D eigenvalue weighted by atomic mass is 16.1. The van der Waals surface area contributed by atoms with E-state index >= 15 is 0 Å². The standard InChI is InChI=1S/C11H11N3O/c1-14-5-4-8(6-11(14)15)9-2-3-10(12)13-7-9/h2-7H,1H3,(H2,12,13). The summed E-state index contributed by atoms with van der Waals surface area (Å²) in [7, 11) is 1.72. The van der Waals surface area contributed by atoms with E-state index < -0.39 is 0 Å². The molecule has 2 rings (SSSR count). The van der Waals surface area contributed by atoms with Gasteiger partial charge in [-0.05, 0) is 23.8 Å². The highest BCUT2D eigenvalue weighted by Crippen LogP contribution is 2.16. The summed E-state index contributed by atoms with van der Waals surface area (Å²) >= 11 is 0. The molecule has 0 aliphatic carbocycles. The second-order valence-electron chi connectivity index (χ2n) is 3.34. The van der Waals surface area contributed by atoms with Crippen LogP contribution in [-0.2, 0) is 7.05 Å². The molecule has 76 valence electrons. The van der Waals surface area contributed by atoms with Crippen LogP contribution in [0.2, 0.25) is 0 Å². The van der Waals surface area contributed by atoms with Crippen molar-refractivity contribution in [2.45, 2.75) is 0 Å². The molecule has 0 saturated heterocycles.